The van der Waals surface area contributed by atoms with Gasteiger partial charge in [-0.05, 0) is 32.2 Å². The lowest BCUT2D eigenvalue weighted by Gasteiger charge is -2.24. The van der Waals surface area contributed by atoms with E-state index >= 15 is 0 Å². The summed E-state index contributed by atoms with van der Waals surface area (Å²) in [4.78, 5) is 2.54. The van der Waals surface area contributed by atoms with Gasteiger partial charge in [-0.15, -0.1) is 0 Å². The minimum absolute atomic E-state index is 0.691. The van der Waals surface area contributed by atoms with Crippen molar-refractivity contribution in [3.8, 4) is 5.88 Å². The molecule has 0 bridgehead atoms. The Hall–Kier alpha value is -1.07. The van der Waals surface area contributed by atoms with Crippen LogP contribution in [0, 0.1) is 12.8 Å². The third-order valence-corrected chi connectivity index (χ3v) is 4.54. The van der Waals surface area contributed by atoms with E-state index in [-0.39, 0.29) is 0 Å². The molecule has 5 nitrogen and oxygen atoms in total. The van der Waals surface area contributed by atoms with Gasteiger partial charge in [0.05, 0.1) is 18.4 Å². The van der Waals surface area contributed by atoms with E-state index in [1.807, 2.05) is 11.7 Å². The topological polar surface area (TPSA) is 42.3 Å². The predicted octanol–water partition coefficient (Wildman–Crippen LogP) is 0.921. The predicted molar refractivity (Wildman–Crippen MR) is 74.3 cm³/mol. The van der Waals surface area contributed by atoms with Crippen molar-refractivity contribution in [2.45, 2.75) is 32.4 Å². The van der Waals surface area contributed by atoms with Gasteiger partial charge in [-0.3, -0.25) is 4.90 Å². The molecular weight excluding hydrogens is 240 g/mol. The third kappa shape index (κ3) is 2.37. The number of fused-ring (bicyclic) bond motifs is 1. The molecule has 0 amide bonds. The minimum atomic E-state index is 0.691. The normalized spacial score (nSPS) is 27.5. The summed E-state index contributed by atoms with van der Waals surface area (Å²) in [6.07, 6.45) is 2.70. The number of aryl methyl sites for hydroxylation is 2. The average Bonchev–Trinajstić information content (AvgIpc) is 2.91. The summed E-state index contributed by atoms with van der Waals surface area (Å²) < 4.78 is 7.32. The second-order valence-corrected chi connectivity index (χ2v) is 5.85. The van der Waals surface area contributed by atoms with E-state index in [4.69, 9.17) is 4.74 Å². The van der Waals surface area contributed by atoms with E-state index in [1.54, 1.807) is 7.11 Å². The summed E-state index contributed by atoms with van der Waals surface area (Å²) >= 11 is 0. The Balaban J connectivity index is 1.72. The number of aromatic nitrogens is 2. The highest BCUT2D eigenvalue weighted by atomic mass is 16.5. The molecule has 3 rings (SSSR count). The van der Waals surface area contributed by atoms with Gasteiger partial charge in [-0.25, -0.2) is 4.68 Å². The molecule has 19 heavy (non-hydrogen) atoms. The fourth-order valence-corrected chi connectivity index (χ4v) is 3.61. The van der Waals surface area contributed by atoms with E-state index in [1.165, 1.54) is 31.5 Å². The van der Waals surface area contributed by atoms with Crippen molar-refractivity contribution in [1.29, 1.82) is 0 Å². The molecule has 2 atom stereocenters. The van der Waals surface area contributed by atoms with Crippen LogP contribution in [0.1, 0.15) is 24.1 Å². The molecule has 1 N–H and O–H groups in total. The fraction of sp³-hybridized carbons (Fsp3) is 0.786. The molecule has 0 radical (unpaired) electrons. The van der Waals surface area contributed by atoms with Gasteiger partial charge in [0, 0.05) is 32.7 Å². The zero-order chi connectivity index (χ0) is 13.4. The van der Waals surface area contributed by atoms with Crippen LogP contribution in [0.25, 0.3) is 0 Å². The van der Waals surface area contributed by atoms with Crippen LogP contribution in [-0.2, 0) is 13.6 Å². The molecular formula is C14H24N4O. The van der Waals surface area contributed by atoms with Gasteiger partial charge in [-0.2, -0.15) is 5.10 Å². The number of nitrogens with zero attached hydrogens (tertiary/aromatic N) is 3. The number of ether oxygens (including phenoxy) is 1. The minimum Gasteiger partial charge on any atom is -0.481 e. The lowest BCUT2D eigenvalue weighted by atomic mass is 9.94. The van der Waals surface area contributed by atoms with E-state index in [0.717, 1.165) is 30.6 Å². The number of methoxy groups -OCH3 is 1. The van der Waals surface area contributed by atoms with Crippen LogP contribution >= 0.6 is 0 Å². The molecule has 2 saturated heterocycles. The van der Waals surface area contributed by atoms with Crippen LogP contribution in [0.3, 0.4) is 0 Å². The third-order valence-electron chi connectivity index (χ3n) is 4.54. The van der Waals surface area contributed by atoms with Crippen LogP contribution in [0.5, 0.6) is 5.88 Å². The number of likely N-dealkylation sites (tertiary alicyclic amines) is 1. The molecule has 2 unspecified atom stereocenters. The van der Waals surface area contributed by atoms with Gasteiger partial charge < -0.3 is 10.1 Å². The molecule has 3 heterocycles. The summed E-state index contributed by atoms with van der Waals surface area (Å²) in [5.41, 5.74) is 2.32. The maximum atomic E-state index is 5.48. The molecule has 0 saturated carbocycles. The number of rotatable bonds is 3. The SMILES string of the molecule is COc1c(CN2CC3CCCNC3C2)c(C)nn1C. The van der Waals surface area contributed by atoms with Gasteiger partial charge >= 0.3 is 0 Å². The maximum Gasteiger partial charge on any atom is 0.216 e. The first-order valence-electron chi connectivity index (χ1n) is 7.21. The second-order valence-electron chi connectivity index (χ2n) is 5.85. The smallest absolute Gasteiger partial charge is 0.216 e. The number of piperidine rings is 1. The average molecular weight is 264 g/mol. The van der Waals surface area contributed by atoms with E-state index < -0.39 is 0 Å². The molecule has 1 aromatic rings. The molecule has 0 aromatic carbocycles. The molecule has 0 aliphatic carbocycles. The molecule has 2 aliphatic heterocycles. The van der Waals surface area contributed by atoms with Crippen molar-refractivity contribution >= 4 is 0 Å². The quantitative estimate of drug-likeness (QED) is 0.881. The van der Waals surface area contributed by atoms with Crippen molar-refractivity contribution in [2.24, 2.45) is 13.0 Å². The molecule has 0 spiro atoms. The maximum absolute atomic E-state index is 5.48. The Bertz CT molecular complexity index is 443. The largest absolute Gasteiger partial charge is 0.481 e. The van der Waals surface area contributed by atoms with Crippen LogP contribution in [-0.4, -0.2) is 47.5 Å². The van der Waals surface area contributed by atoms with Crippen molar-refractivity contribution in [2.75, 3.05) is 26.7 Å². The van der Waals surface area contributed by atoms with Crippen molar-refractivity contribution < 1.29 is 4.74 Å². The Kier molecular flexibility index (Phi) is 3.50. The van der Waals surface area contributed by atoms with Gasteiger partial charge in [0.2, 0.25) is 5.88 Å². The van der Waals surface area contributed by atoms with Gasteiger partial charge in [0.1, 0.15) is 0 Å². The summed E-state index contributed by atoms with van der Waals surface area (Å²) in [6, 6.07) is 0.691. The van der Waals surface area contributed by atoms with E-state index in [2.05, 4.69) is 22.2 Å². The van der Waals surface area contributed by atoms with Crippen LogP contribution in [0.15, 0.2) is 0 Å². The van der Waals surface area contributed by atoms with Crippen molar-refractivity contribution in [3.05, 3.63) is 11.3 Å². The van der Waals surface area contributed by atoms with Crippen molar-refractivity contribution in [1.82, 2.24) is 20.0 Å². The van der Waals surface area contributed by atoms with Gasteiger partial charge in [0.25, 0.3) is 0 Å². The standard InChI is InChI=1S/C14H24N4O/c1-10-12(14(19-3)17(2)16-10)8-18-7-11-5-4-6-15-13(11)9-18/h11,13,15H,4-9H2,1-3H3. The van der Waals surface area contributed by atoms with E-state index in [0.29, 0.717) is 6.04 Å². The van der Waals surface area contributed by atoms with Crippen LogP contribution in [0.4, 0.5) is 0 Å². The lowest BCUT2D eigenvalue weighted by molar-refractivity contribution is 0.301. The van der Waals surface area contributed by atoms with Crippen LogP contribution < -0.4 is 10.1 Å². The number of hydrogen-bond donors (Lipinski definition) is 1. The van der Waals surface area contributed by atoms with E-state index in [9.17, 15) is 0 Å². The lowest BCUT2D eigenvalue weighted by Crippen LogP contribution is -2.40. The highest BCUT2D eigenvalue weighted by Gasteiger charge is 2.34. The second kappa shape index (κ2) is 5.13. The Morgan fingerprint density at radius 3 is 3.00 bits per heavy atom. The molecule has 2 aliphatic rings. The zero-order valence-electron chi connectivity index (χ0n) is 12.1. The van der Waals surface area contributed by atoms with Gasteiger partial charge in [-0.1, -0.05) is 0 Å². The van der Waals surface area contributed by atoms with Gasteiger partial charge in [0.15, 0.2) is 0 Å². The monoisotopic (exact) mass is 264 g/mol. The zero-order valence-corrected chi connectivity index (χ0v) is 12.1. The summed E-state index contributed by atoms with van der Waals surface area (Å²) in [5.74, 6) is 1.73. The molecule has 2 fully saturated rings. The Morgan fingerprint density at radius 1 is 1.42 bits per heavy atom. The highest BCUT2D eigenvalue weighted by Crippen LogP contribution is 2.29. The first kappa shape index (κ1) is 12.9. The number of nitrogens with one attached hydrogen (secondary N) is 1. The Labute approximate surface area is 114 Å². The Morgan fingerprint density at radius 2 is 2.26 bits per heavy atom. The van der Waals surface area contributed by atoms with Crippen molar-refractivity contribution in [3.63, 3.8) is 0 Å². The summed E-state index contributed by atoms with van der Waals surface area (Å²) in [6.45, 7) is 6.57. The fourth-order valence-electron chi connectivity index (χ4n) is 3.61. The van der Waals surface area contributed by atoms with Crippen LogP contribution in [0.2, 0.25) is 0 Å². The first-order chi connectivity index (χ1) is 9.19. The molecule has 106 valence electrons. The highest BCUT2D eigenvalue weighted by molar-refractivity contribution is 5.31. The number of hydrogen-bond acceptors (Lipinski definition) is 4. The summed E-state index contributed by atoms with van der Waals surface area (Å²) in [7, 11) is 3.67. The summed E-state index contributed by atoms with van der Waals surface area (Å²) in [5, 5.41) is 8.12. The molecule has 1 aromatic heterocycles. The molecule has 5 heteroatoms. The first-order valence-corrected chi connectivity index (χ1v) is 7.21.